The van der Waals surface area contributed by atoms with E-state index in [9.17, 15) is 5.11 Å². The van der Waals surface area contributed by atoms with Gasteiger partial charge in [-0.05, 0) is 19.9 Å². The van der Waals surface area contributed by atoms with Crippen molar-refractivity contribution in [3.8, 4) is 0 Å². The summed E-state index contributed by atoms with van der Waals surface area (Å²) >= 11 is 7.76. The first kappa shape index (κ1) is 22.1. The van der Waals surface area contributed by atoms with Crippen LogP contribution in [0.1, 0.15) is 29.3 Å². The van der Waals surface area contributed by atoms with E-state index in [1.807, 2.05) is 32.0 Å². The van der Waals surface area contributed by atoms with Crippen LogP contribution in [0.5, 0.6) is 0 Å². The lowest BCUT2D eigenvalue weighted by Crippen LogP contribution is -2.38. The summed E-state index contributed by atoms with van der Waals surface area (Å²) in [4.78, 5) is 8.88. The van der Waals surface area contributed by atoms with E-state index in [2.05, 4.69) is 26.0 Å². The molecule has 0 aliphatic carbocycles. The first-order chi connectivity index (χ1) is 11.6. The van der Waals surface area contributed by atoms with Gasteiger partial charge >= 0.3 is 0 Å². The highest BCUT2D eigenvalue weighted by Gasteiger charge is 2.10. The number of thiazole rings is 1. The molecule has 0 saturated heterocycles. The Morgan fingerprint density at radius 1 is 1.36 bits per heavy atom. The average Bonchev–Trinajstić information content (AvgIpc) is 2.98. The highest BCUT2D eigenvalue weighted by Crippen LogP contribution is 2.22. The third kappa shape index (κ3) is 7.47. The first-order valence-corrected chi connectivity index (χ1v) is 9.21. The van der Waals surface area contributed by atoms with Crippen LogP contribution in [-0.2, 0) is 6.42 Å². The molecule has 0 amide bonds. The average molecular weight is 495 g/mol. The summed E-state index contributed by atoms with van der Waals surface area (Å²) in [6.45, 7) is 5.74. The Balaban J connectivity index is 0.00000312. The molecule has 0 aliphatic rings. The molecule has 2 aromatic rings. The maximum Gasteiger partial charge on any atom is 0.191 e. The summed E-state index contributed by atoms with van der Waals surface area (Å²) in [6, 6.07) is 7.28. The lowest BCUT2D eigenvalue weighted by molar-refractivity contribution is 0.187. The van der Waals surface area contributed by atoms with Crippen LogP contribution in [-0.4, -0.2) is 35.7 Å². The van der Waals surface area contributed by atoms with Crippen LogP contribution in [0.3, 0.4) is 0 Å². The van der Waals surface area contributed by atoms with Crippen molar-refractivity contribution in [1.82, 2.24) is 15.6 Å². The number of hydrogen-bond donors (Lipinski definition) is 3. The smallest absolute Gasteiger partial charge is 0.191 e. The van der Waals surface area contributed by atoms with E-state index in [1.54, 1.807) is 17.4 Å². The SMILES string of the molecule is CCNC(=NCC(O)c1ccccc1Cl)NCCc1csc(C)n1.I. The Hall–Kier alpha value is -0.900. The maximum absolute atomic E-state index is 10.3. The highest BCUT2D eigenvalue weighted by molar-refractivity contribution is 14.0. The molecule has 2 rings (SSSR count). The second-order valence-corrected chi connectivity index (χ2v) is 6.76. The zero-order valence-electron chi connectivity index (χ0n) is 14.3. The van der Waals surface area contributed by atoms with Crippen LogP contribution < -0.4 is 10.6 Å². The van der Waals surface area contributed by atoms with Crippen LogP contribution in [0.2, 0.25) is 5.02 Å². The molecule has 0 fully saturated rings. The summed E-state index contributed by atoms with van der Waals surface area (Å²) in [5, 5.41) is 20.4. The number of aromatic nitrogens is 1. The van der Waals surface area contributed by atoms with E-state index >= 15 is 0 Å². The molecule has 1 unspecified atom stereocenters. The van der Waals surface area contributed by atoms with E-state index in [1.165, 1.54) is 0 Å². The second-order valence-electron chi connectivity index (χ2n) is 5.29. The van der Waals surface area contributed by atoms with Crippen LogP contribution in [0.25, 0.3) is 0 Å². The summed E-state index contributed by atoms with van der Waals surface area (Å²) in [7, 11) is 0. The van der Waals surface area contributed by atoms with Gasteiger partial charge in [0, 0.05) is 35.5 Å². The van der Waals surface area contributed by atoms with Crippen molar-refractivity contribution < 1.29 is 5.11 Å². The minimum absolute atomic E-state index is 0. The topological polar surface area (TPSA) is 69.5 Å². The van der Waals surface area contributed by atoms with Crippen molar-refractivity contribution >= 4 is 52.9 Å². The predicted molar refractivity (Wildman–Crippen MR) is 116 cm³/mol. The quantitative estimate of drug-likeness (QED) is 0.313. The molecule has 1 aromatic carbocycles. The minimum Gasteiger partial charge on any atom is -0.386 e. The molecule has 3 N–H and O–H groups in total. The molecular weight excluding hydrogens is 471 g/mol. The zero-order chi connectivity index (χ0) is 17.4. The van der Waals surface area contributed by atoms with Crippen LogP contribution in [0, 0.1) is 6.92 Å². The van der Waals surface area contributed by atoms with E-state index in [-0.39, 0.29) is 30.5 Å². The van der Waals surface area contributed by atoms with Crippen molar-refractivity contribution in [2.75, 3.05) is 19.6 Å². The molecular formula is C17H24ClIN4OS. The lowest BCUT2D eigenvalue weighted by atomic mass is 10.1. The number of nitrogens with one attached hydrogen (secondary N) is 2. The number of rotatable bonds is 7. The van der Waals surface area contributed by atoms with Crippen molar-refractivity contribution in [3.63, 3.8) is 0 Å². The molecule has 0 aliphatic heterocycles. The Morgan fingerprint density at radius 3 is 2.76 bits per heavy atom. The van der Waals surface area contributed by atoms with Gasteiger partial charge in [-0.1, -0.05) is 29.8 Å². The predicted octanol–water partition coefficient (Wildman–Crippen LogP) is 3.55. The Morgan fingerprint density at radius 2 is 2.12 bits per heavy atom. The van der Waals surface area contributed by atoms with E-state index in [0.717, 1.165) is 30.2 Å². The van der Waals surface area contributed by atoms with Crippen molar-refractivity contribution in [2.24, 2.45) is 4.99 Å². The number of nitrogens with zero attached hydrogens (tertiary/aromatic N) is 2. The molecule has 1 heterocycles. The first-order valence-electron chi connectivity index (χ1n) is 7.95. The molecule has 0 radical (unpaired) electrons. The number of halogens is 2. The van der Waals surface area contributed by atoms with Gasteiger partial charge in [0.2, 0.25) is 0 Å². The van der Waals surface area contributed by atoms with Crippen LogP contribution >= 0.6 is 46.9 Å². The third-order valence-electron chi connectivity index (χ3n) is 3.37. The van der Waals surface area contributed by atoms with Crippen molar-refractivity contribution in [1.29, 1.82) is 0 Å². The lowest BCUT2D eigenvalue weighted by Gasteiger charge is -2.13. The number of aliphatic imine (C=N–C) groups is 1. The fourth-order valence-electron chi connectivity index (χ4n) is 2.20. The second kappa shape index (κ2) is 11.7. The largest absolute Gasteiger partial charge is 0.386 e. The monoisotopic (exact) mass is 494 g/mol. The standard InChI is InChI=1S/C17H23ClN4OS.HI/c1-3-19-17(20-9-8-13-11-24-12(2)22-13)21-10-16(23)14-6-4-5-7-15(14)18;/h4-7,11,16,23H,3,8-10H2,1-2H3,(H2,19,20,21);1H. The third-order valence-corrected chi connectivity index (χ3v) is 4.54. The molecule has 0 bridgehead atoms. The van der Waals surface area contributed by atoms with Gasteiger partial charge in [-0.25, -0.2) is 4.98 Å². The summed E-state index contributed by atoms with van der Waals surface area (Å²) in [6.07, 6.45) is 0.109. The van der Waals surface area contributed by atoms with Gasteiger partial charge < -0.3 is 15.7 Å². The van der Waals surface area contributed by atoms with Crippen LogP contribution in [0.4, 0.5) is 0 Å². The van der Waals surface area contributed by atoms with Gasteiger partial charge in [-0.3, -0.25) is 4.99 Å². The zero-order valence-corrected chi connectivity index (χ0v) is 18.2. The van der Waals surface area contributed by atoms with Gasteiger partial charge in [0.15, 0.2) is 5.96 Å². The molecule has 5 nitrogen and oxygen atoms in total. The molecule has 0 spiro atoms. The number of aliphatic hydroxyl groups is 1. The molecule has 1 atom stereocenters. The Kier molecular flexibility index (Phi) is 10.3. The molecule has 8 heteroatoms. The van der Waals surface area contributed by atoms with Gasteiger partial charge in [0.1, 0.15) is 6.10 Å². The molecule has 138 valence electrons. The van der Waals surface area contributed by atoms with E-state index < -0.39 is 6.10 Å². The van der Waals surface area contributed by atoms with Crippen molar-refractivity contribution in [3.05, 3.63) is 50.9 Å². The van der Waals surface area contributed by atoms with E-state index in [4.69, 9.17) is 11.6 Å². The summed E-state index contributed by atoms with van der Waals surface area (Å²) in [5.74, 6) is 0.676. The van der Waals surface area contributed by atoms with E-state index in [0.29, 0.717) is 16.5 Å². The van der Waals surface area contributed by atoms with Crippen molar-refractivity contribution in [2.45, 2.75) is 26.4 Å². The van der Waals surface area contributed by atoms with Gasteiger partial charge in [-0.15, -0.1) is 35.3 Å². The summed E-state index contributed by atoms with van der Waals surface area (Å²) < 4.78 is 0. The Labute approximate surface area is 175 Å². The number of aliphatic hydroxyl groups excluding tert-OH is 1. The summed E-state index contributed by atoms with van der Waals surface area (Å²) in [5.41, 5.74) is 1.77. The fourth-order valence-corrected chi connectivity index (χ4v) is 3.10. The fraction of sp³-hybridized carbons (Fsp3) is 0.412. The molecule has 1 aromatic heterocycles. The van der Waals surface area contributed by atoms with Gasteiger partial charge in [-0.2, -0.15) is 0 Å². The minimum atomic E-state index is -0.727. The highest BCUT2D eigenvalue weighted by atomic mass is 127. The Bertz CT molecular complexity index is 680. The van der Waals surface area contributed by atoms with Gasteiger partial charge in [0.25, 0.3) is 0 Å². The maximum atomic E-state index is 10.3. The number of aryl methyl sites for hydroxylation is 1. The normalized spacial score (nSPS) is 12.4. The van der Waals surface area contributed by atoms with Gasteiger partial charge in [0.05, 0.1) is 17.2 Å². The number of hydrogen-bond acceptors (Lipinski definition) is 4. The number of guanidine groups is 1. The molecule has 0 saturated carbocycles. The molecule has 25 heavy (non-hydrogen) atoms. The van der Waals surface area contributed by atoms with Crippen LogP contribution in [0.15, 0.2) is 34.6 Å². The number of benzene rings is 1.